The van der Waals surface area contributed by atoms with Gasteiger partial charge in [-0.15, -0.1) is 0 Å². The summed E-state index contributed by atoms with van der Waals surface area (Å²) in [6.45, 7) is 2.86. The van der Waals surface area contributed by atoms with Crippen LogP contribution in [0.5, 0.6) is 5.75 Å². The first-order valence-corrected chi connectivity index (χ1v) is 11.1. The number of nitrogens with one attached hydrogen (secondary N) is 2. The molecule has 0 bridgehead atoms. The van der Waals surface area contributed by atoms with Gasteiger partial charge in [0, 0.05) is 25.5 Å². The summed E-state index contributed by atoms with van der Waals surface area (Å²) >= 11 is 0. The highest BCUT2D eigenvalue weighted by atomic mass is 16.5. The van der Waals surface area contributed by atoms with Crippen molar-refractivity contribution in [2.75, 3.05) is 13.1 Å². The number of para-hydroxylation sites is 1. The predicted molar refractivity (Wildman–Crippen MR) is 126 cm³/mol. The number of aromatic nitrogens is 1. The van der Waals surface area contributed by atoms with Crippen molar-refractivity contribution in [3.8, 4) is 5.75 Å². The Morgan fingerprint density at radius 1 is 0.970 bits per heavy atom. The number of fused-ring (bicyclic) bond motifs is 1. The number of nitrogens with zero attached hydrogens (tertiary/aromatic N) is 1. The zero-order valence-corrected chi connectivity index (χ0v) is 18.5. The lowest BCUT2D eigenvalue weighted by molar-refractivity contribution is 0.0916. The van der Waals surface area contributed by atoms with Gasteiger partial charge in [-0.3, -0.25) is 14.4 Å². The topological polar surface area (TPSA) is 89.4 Å². The lowest BCUT2D eigenvalue weighted by Crippen LogP contribution is -2.40. The van der Waals surface area contributed by atoms with Crippen molar-refractivity contribution in [1.82, 2.24) is 15.2 Å². The van der Waals surface area contributed by atoms with Crippen LogP contribution in [0.1, 0.15) is 45.2 Å². The number of carbonyl (C=O) groups is 2. The van der Waals surface area contributed by atoms with E-state index in [4.69, 9.17) is 4.74 Å². The molecule has 1 aliphatic heterocycles. The van der Waals surface area contributed by atoms with Crippen molar-refractivity contribution in [3.63, 3.8) is 0 Å². The first kappa shape index (κ1) is 22.3. The summed E-state index contributed by atoms with van der Waals surface area (Å²) in [4.78, 5) is 38.5. The number of ether oxygens (including phenoxy) is 1. The van der Waals surface area contributed by atoms with Crippen LogP contribution in [0.25, 0.3) is 0 Å². The second kappa shape index (κ2) is 10.2. The van der Waals surface area contributed by atoms with Gasteiger partial charge in [-0.1, -0.05) is 48.5 Å². The largest absolute Gasteiger partial charge is 0.488 e. The number of aryl methyl sites for hydroxylation is 1. The monoisotopic (exact) mass is 445 g/mol. The molecule has 2 amide bonds. The van der Waals surface area contributed by atoms with E-state index in [1.165, 1.54) is 12.4 Å². The van der Waals surface area contributed by atoms with Crippen LogP contribution in [0, 0.1) is 0 Å². The van der Waals surface area contributed by atoms with Gasteiger partial charge in [-0.05, 0) is 37.0 Å². The molecule has 0 radical (unpaired) electrons. The fourth-order valence-electron chi connectivity index (χ4n) is 3.92. The number of carbonyl (C=O) groups excluding carboxylic acids is 2. The van der Waals surface area contributed by atoms with Crippen LogP contribution in [0.2, 0.25) is 0 Å². The molecule has 0 unspecified atom stereocenters. The van der Waals surface area contributed by atoms with Crippen molar-refractivity contribution in [2.45, 2.75) is 32.4 Å². The Morgan fingerprint density at radius 3 is 2.36 bits per heavy atom. The molecule has 0 saturated carbocycles. The fraction of sp³-hybridized carbons (Fsp3) is 0.269. The molecule has 1 aliphatic rings. The van der Waals surface area contributed by atoms with Gasteiger partial charge in [0.2, 0.25) is 5.43 Å². The molecule has 1 aromatic heterocycles. The van der Waals surface area contributed by atoms with Crippen molar-refractivity contribution in [1.29, 1.82) is 0 Å². The molecule has 33 heavy (non-hydrogen) atoms. The Bertz CT molecular complexity index is 1200. The average Bonchev–Trinajstić information content (AvgIpc) is 2.84. The molecular formula is C26H27N3O4. The van der Waals surface area contributed by atoms with Crippen LogP contribution in [0.3, 0.4) is 0 Å². The number of hydrogen-bond acceptors (Lipinski definition) is 4. The summed E-state index contributed by atoms with van der Waals surface area (Å²) in [5.74, 6) is -0.187. The first-order chi connectivity index (χ1) is 16.0. The Kier molecular flexibility index (Phi) is 6.88. The van der Waals surface area contributed by atoms with Crippen LogP contribution in [-0.2, 0) is 13.0 Å². The standard InChI is InChI=1S/C26H27N3O4/c1-2-27-25(31)21-16-29(15-18-8-4-3-5-9-18)17-22(24(21)30)26(32)28-14-20-13-12-19-10-6-7-11-23(19)33-20/h3-11,16-17,20H,2,12-15H2,1H3,(H,27,31)(H,28,32)/t20-/m1/s1. The molecular weight excluding hydrogens is 418 g/mol. The molecule has 3 aromatic rings. The molecule has 1 atom stereocenters. The second-order valence-corrected chi connectivity index (χ2v) is 8.03. The van der Waals surface area contributed by atoms with E-state index in [1.54, 1.807) is 11.5 Å². The number of rotatable bonds is 7. The minimum Gasteiger partial charge on any atom is -0.488 e. The highest BCUT2D eigenvalue weighted by Gasteiger charge is 2.23. The normalized spacial score (nSPS) is 14.6. The molecule has 7 heteroatoms. The van der Waals surface area contributed by atoms with Gasteiger partial charge < -0.3 is 19.9 Å². The molecule has 0 saturated heterocycles. The van der Waals surface area contributed by atoms with Gasteiger partial charge in [0.25, 0.3) is 11.8 Å². The molecule has 2 N–H and O–H groups in total. The van der Waals surface area contributed by atoms with E-state index < -0.39 is 17.2 Å². The van der Waals surface area contributed by atoms with Crippen molar-refractivity contribution in [3.05, 3.63) is 99.5 Å². The van der Waals surface area contributed by atoms with Crippen molar-refractivity contribution >= 4 is 11.8 Å². The van der Waals surface area contributed by atoms with Gasteiger partial charge in [-0.25, -0.2) is 0 Å². The highest BCUT2D eigenvalue weighted by Crippen LogP contribution is 2.26. The smallest absolute Gasteiger partial charge is 0.256 e. The van der Waals surface area contributed by atoms with Gasteiger partial charge >= 0.3 is 0 Å². The molecule has 2 heterocycles. The lowest BCUT2D eigenvalue weighted by Gasteiger charge is -2.26. The maximum absolute atomic E-state index is 13.0. The van der Waals surface area contributed by atoms with Crippen LogP contribution in [-0.4, -0.2) is 35.6 Å². The van der Waals surface area contributed by atoms with Gasteiger partial charge in [0.1, 0.15) is 23.0 Å². The summed E-state index contributed by atoms with van der Waals surface area (Å²) in [5.41, 5.74) is 1.44. The first-order valence-electron chi connectivity index (χ1n) is 11.1. The summed E-state index contributed by atoms with van der Waals surface area (Å²) in [6.07, 6.45) is 4.46. The van der Waals surface area contributed by atoms with E-state index in [9.17, 15) is 14.4 Å². The summed E-state index contributed by atoms with van der Waals surface area (Å²) < 4.78 is 7.68. The van der Waals surface area contributed by atoms with E-state index in [0.717, 1.165) is 29.7 Å². The summed E-state index contributed by atoms with van der Waals surface area (Å²) in [7, 11) is 0. The number of benzene rings is 2. The van der Waals surface area contributed by atoms with Crippen LogP contribution in [0.4, 0.5) is 0 Å². The van der Waals surface area contributed by atoms with Crippen LogP contribution < -0.4 is 20.8 Å². The maximum atomic E-state index is 13.0. The van der Waals surface area contributed by atoms with Crippen molar-refractivity contribution < 1.29 is 14.3 Å². The second-order valence-electron chi connectivity index (χ2n) is 8.03. The zero-order chi connectivity index (χ0) is 23.2. The molecule has 0 spiro atoms. The maximum Gasteiger partial charge on any atom is 0.256 e. The Morgan fingerprint density at radius 2 is 1.64 bits per heavy atom. The summed E-state index contributed by atoms with van der Waals surface area (Å²) in [6, 6.07) is 17.5. The van der Waals surface area contributed by atoms with Gasteiger partial charge in [-0.2, -0.15) is 0 Å². The average molecular weight is 446 g/mol. The molecule has 2 aromatic carbocycles. The predicted octanol–water partition coefficient (Wildman–Crippen LogP) is 2.77. The van der Waals surface area contributed by atoms with E-state index in [1.807, 2.05) is 54.6 Å². The highest BCUT2D eigenvalue weighted by molar-refractivity contribution is 5.99. The van der Waals surface area contributed by atoms with Gasteiger partial charge in [0.05, 0.1) is 6.54 Å². The van der Waals surface area contributed by atoms with E-state index in [2.05, 4.69) is 10.6 Å². The minimum atomic E-state index is -0.585. The third-order valence-corrected chi connectivity index (χ3v) is 5.61. The number of amides is 2. The molecule has 0 fully saturated rings. The van der Waals surface area contributed by atoms with E-state index in [0.29, 0.717) is 13.1 Å². The van der Waals surface area contributed by atoms with E-state index >= 15 is 0 Å². The molecule has 0 aliphatic carbocycles. The Balaban J connectivity index is 1.54. The fourth-order valence-corrected chi connectivity index (χ4v) is 3.92. The Labute approximate surface area is 192 Å². The lowest BCUT2D eigenvalue weighted by atomic mass is 10.0. The van der Waals surface area contributed by atoms with E-state index in [-0.39, 0.29) is 23.8 Å². The molecule has 7 nitrogen and oxygen atoms in total. The van der Waals surface area contributed by atoms with Crippen LogP contribution >= 0.6 is 0 Å². The quantitative estimate of drug-likeness (QED) is 0.585. The summed E-state index contributed by atoms with van der Waals surface area (Å²) in [5, 5.41) is 5.47. The molecule has 4 rings (SSSR count). The molecule has 170 valence electrons. The SMILES string of the molecule is CCNC(=O)c1cn(Cc2ccccc2)cc(C(=O)NC[C@H]2CCc3ccccc3O2)c1=O. The Hall–Kier alpha value is -3.87. The minimum absolute atomic E-state index is 0.0525. The third kappa shape index (κ3) is 5.31. The van der Waals surface area contributed by atoms with Crippen molar-refractivity contribution in [2.24, 2.45) is 0 Å². The number of hydrogen-bond donors (Lipinski definition) is 2. The third-order valence-electron chi connectivity index (χ3n) is 5.61. The zero-order valence-electron chi connectivity index (χ0n) is 18.5. The number of pyridine rings is 1. The van der Waals surface area contributed by atoms with Crippen LogP contribution in [0.15, 0.2) is 71.8 Å². The van der Waals surface area contributed by atoms with Gasteiger partial charge in [0.15, 0.2) is 0 Å².